The number of hydrogen-bond donors (Lipinski definition) is 4. The number of fused-ring (bicyclic) bond motifs is 8. The Hall–Kier alpha value is -0.320. The van der Waals surface area contributed by atoms with Crippen molar-refractivity contribution in [3.8, 4) is 0 Å². The Morgan fingerprint density at radius 3 is 0.521 bits per heavy atom. The van der Waals surface area contributed by atoms with Gasteiger partial charge in [0.25, 0.3) is 0 Å². The van der Waals surface area contributed by atoms with Gasteiger partial charge in [0.1, 0.15) is 0 Å². The second-order valence-corrected chi connectivity index (χ2v) is 22.8. The molecule has 0 aromatic heterocycles. The van der Waals surface area contributed by atoms with Gasteiger partial charge in [-0.15, -0.1) is 50.5 Å². The smallest absolute Gasteiger partial charge is 0.0320 e. The molecule has 8 bridgehead atoms. The van der Waals surface area contributed by atoms with Gasteiger partial charge in [-0.2, -0.15) is 0 Å². The SMILES string of the molecule is CC(C)(C)c1cc2c(S)c(c1)Sc1cc(C(C)(C)C)cc(c1S)Sc1cc(C(C)(C)C)cc(c1S)Sc1cc(C(C)(C)C)cc(c1S)S2. The molecule has 4 aromatic carbocycles. The van der Waals surface area contributed by atoms with E-state index in [4.69, 9.17) is 50.5 Å². The molecular formula is C40H48S8. The van der Waals surface area contributed by atoms with E-state index in [1.54, 1.807) is 47.0 Å². The van der Waals surface area contributed by atoms with Gasteiger partial charge in [0, 0.05) is 58.7 Å². The first-order valence-corrected chi connectivity index (χ1v) is 21.2. The molecule has 0 nitrogen and oxygen atoms in total. The van der Waals surface area contributed by atoms with E-state index in [1.165, 1.54) is 22.3 Å². The molecule has 0 fully saturated rings. The van der Waals surface area contributed by atoms with Crippen LogP contribution in [0.1, 0.15) is 105 Å². The van der Waals surface area contributed by atoms with E-state index in [2.05, 4.69) is 132 Å². The van der Waals surface area contributed by atoms with Crippen molar-refractivity contribution in [3.05, 3.63) is 70.8 Å². The predicted molar refractivity (Wildman–Crippen MR) is 226 cm³/mol. The van der Waals surface area contributed by atoms with Crippen LogP contribution in [0.25, 0.3) is 0 Å². The molecule has 48 heavy (non-hydrogen) atoms. The fourth-order valence-electron chi connectivity index (χ4n) is 5.16. The number of thiol groups is 4. The number of benzene rings is 4. The van der Waals surface area contributed by atoms with Crippen LogP contribution in [-0.2, 0) is 21.7 Å². The lowest BCUT2D eigenvalue weighted by Gasteiger charge is -2.27. The van der Waals surface area contributed by atoms with Crippen LogP contribution in [0.3, 0.4) is 0 Å². The van der Waals surface area contributed by atoms with Gasteiger partial charge in [-0.3, -0.25) is 0 Å². The summed E-state index contributed by atoms with van der Waals surface area (Å²) >= 11 is 28.0. The second-order valence-electron chi connectivity index (χ2n) is 16.7. The summed E-state index contributed by atoms with van der Waals surface area (Å²) in [4.78, 5) is 13.0. The van der Waals surface area contributed by atoms with Crippen LogP contribution in [0.15, 0.2) is 107 Å². The highest BCUT2D eigenvalue weighted by Gasteiger charge is 2.27. The van der Waals surface area contributed by atoms with E-state index in [1.807, 2.05) is 0 Å². The molecule has 0 saturated carbocycles. The molecule has 8 heteroatoms. The fraction of sp³-hybridized carbons (Fsp3) is 0.400. The van der Waals surface area contributed by atoms with Crippen molar-refractivity contribution in [1.82, 2.24) is 0 Å². The molecule has 1 heterocycles. The third kappa shape index (κ3) is 8.48. The molecule has 0 amide bonds. The van der Waals surface area contributed by atoms with Gasteiger partial charge in [0.15, 0.2) is 0 Å². The summed E-state index contributed by atoms with van der Waals surface area (Å²) in [6, 6.07) is 18.6. The first-order chi connectivity index (χ1) is 21.9. The Morgan fingerprint density at radius 2 is 0.417 bits per heavy atom. The summed E-state index contributed by atoms with van der Waals surface area (Å²) in [6.07, 6.45) is 0. The minimum atomic E-state index is -0.0421. The molecule has 1 aliphatic rings. The monoisotopic (exact) mass is 784 g/mol. The molecule has 1 aliphatic heterocycles. The van der Waals surface area contributed by atoms with Crippen LogP contribution in [0, 0.1) is 0 Å². The average molecular weight is 785 g/mol. The molecule has 256 valence electrons. The third-order valence-corrected chi connectivity index (χ3v) is 16.0. The van der Waals surface area contributed by atoms with Gasteiger partial charge >= 0.3 is 0 Å². The van der Waals surface area contributed by atoms with Crippen molar-refractivity contribution >= 4 is 97.6 Å². The van der Waals surface area contributed by atoms with E-state index in [9.17, 15) is 0 Å². The van der Waals surface area contributed by atoms with Crippen molar-refractivity contribution < 1.29 is 0 Å². The van der Waals surface area contributed by atoms with E-state index in [0.29, 0.717) is 0 Å². The Balaban J connectivity index is 1.89. The minimum Gasteiger partial charge on any atom is -0.141 e. The van der Waals surface area contributed by atoms with Gasteiger partial charge in [0.05, 0.1) is 0 Å². The van der Waals surface area contributed by atoms with E-state index >= 15 is 0 Å². The highest BCUT2D eigenvalue weighted by atomic mass is 32.2. The Bertz CT molecular complexity index is 1520. The molecule has 0 radical (unpaired) electrons. The van der Waals surface area contributed by atoms with Gasteiger partial charge < -0.3 is 0 Å². The van der Waals surface area contributed by atoms with Gasteiger partial charge in [0.2, 0.25) is 0 Å². The number of rotatable bonds is 0. The first kappa shape index (κ1) is 38.9. The lowest BCUT2D eigenvalue weighted by atomic mass is 9.87. The Kier molecular flexibility index (Phi) is 11.3. The van der Waals surface area contributed by atoms with Crippen LogP contribution in [-0.4, -0.2) is 0 Å². The van der Waals surface area contributed by atoms with Gasteiger partial charge in [-0.1, -0.05) is 130 Å². The normalized spacial score (nSPS) is 14.3. The molecule has 4 aromatic rings. The van der Waals surface area contributed by atoms with E-state index in [-0.39, 0.29) is 21.7 Å². The maximum Gasteiger partial charge on any atom is 0.0320 e. The highest BCUT2D eigenvalue weighted by Crippen LogP contribution is 2.52. The standard InChI is InChI=1S/C40H48S8/c1-37(2,3)21-13-25-33(41)26(14-21)46-28-16-23(39(7,8)9)18-30(35(28)43)48-32-20-24(40(10,11)12)19-31(36(32)44)47-29-17-22(38(4,5)6)15-27(45-25)34(29)42/h13-20,41-44H,1-12H3. The van der Waals surface area contributed by atoms with Crippen molar-refractivity contribution in [3.63, 3.8) is 0 Å². The average Bonchev–Trinajstić information content (AvgIpc) is 2.93. The Morgan fingerprint density at radius 1 is 0.292 bits per heavy atom. The predicted octanol–water partition coefficient (Wildman–Crippen LogP) is 14.9. The topological polar surface area (TPSA) is 0 Å². The summed E-state index contributed by atoms with van der Waals surface area (Å²) in [7, 11) is 0. The second kappa shape index (κ2) is 13.9. The van der Waals surface area contributed by atoms with Crippen LogP contribution in [0.5, 0.6) is 0 Å². The summed E-state index contributed by atoms with van der Waals surface area (Å²) in [6.45, 7) is 27.4. The highest BCUT2D eigenvalue weighted by molar-refractivity contribution is 8.02. The van der Waals surface area contributed by atoms with Crippen molar-refractivity contribution in [2.75, 3.05) is 0 Å². The summed E-state index contributed by atoms with van der Waals surface area (Å²) in [5.41, 5.74) is 4.94. The minimum absolute atomic E-state index is 0.0421. The third-order valence-electron chi connectivity index (χ3n) is 8.50. The van der Waals surface area contributed by atoms with Crippen LogP contribution < -0.4 is 0 Å². The zero-order valence-corrected chi connectivity index (χ0v) is 36.9. The lowest BCUT2D eigenvalue weighted by Crippen LogP contribution is -2.13. The van der Waals surface area contributed by atoms with Crippen LogP contribution in [0.4, 0.5) is 0 Å². The molecular weight excluding hydrogens is 737 g/mol. The molecule has 0 atom stereocenters. The van der Waals surface area contributed by atoms with Crippen molar-refractivity contribution in [1.29, 1.82) is 0 Å². The van der Waals surface area contributed by atoms with Gasteiger partial charge in [-0.05, 0) is 92.4 Å². The van der Waals surface area contributed by atoms with Gasteiger partial charge in [-0.25, -0.2) is 0 Å². The number of hydrogen-bond acceptors (Lipinski definition) is 8. The lowest BCUT2D eigenvalue weighted by molar-refractivity contribution is 0.584. The van der Waals surface area contributed by atoms with E-state index < -0.39 is 0 Å². The Labute approximate surface area is 329 Å². The molecule has 0 saturated heterocycles. The van der Waals surface area contributed by atoms with Crippen LogP contribution in [0.2, 0.25) is 0 Å². The molecule has 0 unspecified atom stereocenters. The van der Waals surface area contributed by atoms with Crippen LogP contribution >= 0.6 is 97.6 Å². The first-order valence-electron chi connectivity index (χ1n) is 16.1. The van der Waals surface area contributed by atoms with Crippen molar-refractivity contribution in [2.24, 2.45) is 0 Å². The quantitative estimate of drug-likeness (QED) is 0.115. The fourth-order valence-corrected chi connectivity index (χ4v) is 11.1. The largest absolute Gasteiger partial charge is 0.141 e. The maximum absolute atomic E-state index is 5.24. The molecule has 5 rings (SSSR count). The summed E-state index contributed by atoms with van der Waals surface area (Å²) in [5, 5.41) is 0. The molecule has 0 aliphatic carbocycles. The van der Waals surface area contributed by atoms with E-state index in [0.717, 1.165) is 58.7 Å². The zero-order valence-electron chi connectivity index (χ0n) is 30.0. The zero-order chi connectivity index (χ0) is 35.7. The summed E-state index contributed by atoms with van der Waals surface area (Å²) in [5.74, 6) is 0. The molecule has 0 N–H and O–H groups in total. The molecule has 0 spiro atoms. The summed E-state index contributed by atoms with van der Waals surface area (Å²) < 4.78 is 0. The maximum atomic E-state index is 5.24. The van der Waals surface area contributed by atoms with Crippen molar-refractivity contribution in [2.45, 2.75) is 163 Å².